The number of allylic oxidation sites excluding steroid dienone is 3. The first kappa shape index (κ1) is 11.0. The lowest BCUT2D eigenvalue weighted by molar-refractivity contribution is 0.345. The van der Waals surface area contributed by atoms with Gasteiger partial charge >= 0.3 is 0 Å². The van der Waals surface area contributed by atoms with Crippen LogP contribution >= 0.6 is 0 Å². The van der Waals surface area contributed by atoms with E-state index < -0.39 is 0 Å². The Hall–Kier alpha value is -1.50. The van der Waals surface area contributed by atoms with E-state index in [1.165, 1.54) is 16.7 Å². The van der Waals surface area contributed by atoms with Gasteiger partial charge in [0, 0.05) is 0 Å². The largest absolute Gasteiger partial charge is 0.489 e. The molecule has 0 heterocycles. The Morgan fingerprint density at radius 2 is 2.12 bits per heavy atom. The molecule has 0 saturated heterocycles. The Balaban J connectivity index is 1.99. The van der Waals surface area contributed by atoms with Crippen LogP contribution in [-0.4, -0.2) is 6.61 Å². The first-order valence-corrected chi connectivity index (χ1v) is 5.80. The summed E-state index contributed by atoms with van der Waals surface area (Å²) in [4.78, 5) is 0. The summed E-state index contributed by atoms with van der Waals surface area (Å²) in [6.07, 6.45) is 8.74. The highest BCUT2D eigenvalue weighted by molar-refractivity contribution is 5.36. The van der Waals surface area contributed by atoms with Crippen molar-refractivity contribution in [3.05, 3.63) is 53.1 Å². The van der Waals surface area contributed by atoms with Crippen LogP contribution in [0.1, 0.15) is 24.0 Å². The minimum absolute atomic E-state index is 0.717. The Morgan fingerprint density at radius 3 is 2.81 bits per heavy atom. The molecule has 0 spiro atoms. The minimum Gasteiger partial charge on any atom is -0.489 e. The SMILES string of the molecule is Cc1ccc(OCC2=CC=CCC2)c(C)c1. The molecule has 0 atom stereocenters. The Labute approximate surface area is 97.4 Å². The van der Waals surface area contributed by atoms with Gasteiger partial charge in [-0.3, -0.25) is 0 Å². The van der Waals surface area contributed by atoms with Crippen molar-refractivity contribution in [3.63, 3.8) is 0 Å². The van der Waals surface area contributed by atoms with Gasteiger partial charge in [0.1, 0.15) is 12.4 Å². The average molecular weight is 214 g/mol. The predicted octanol–water partition coefficient (Wildman–Crippen LogP) is 3.96. The molecule has 1 aliphatic carbocycles. The van der Waals surface area contributed by atoms with Crippen molar-refractivity contribution >= 4 is 0 Å². The molecule has 84 valence electrons. The van der Waals surface area contributed by atoms with Gasteiger partial charge in [-0.2, -0.15) is 0 Å². The van der Waals surface area contributed by atoms with Gasteiger partial charge < -0.3 is 4.74 Å². The maximum atomic E-state index is 5.83. The highest BCUT2D eigenvalue weighted by Gasteiger charge is 2.03. The van der Waals surface area contributed by atoms with Crippen molar-refractivity contribution in [1.29, 1.82) is 0 Å². The highest BCUT2D eigenvalue weighted by atomic mass is 16.5. The van der Waals surface area contributed by atoms with Crippen LogP contribution in [-0.2, 0) is 0 Å². The molecule has 1 aromatic carbocycles. The van der Waals surface area contributed by atoms with E-state index in [9.17, 15) is 0 Å². The number of hydrogen-bond donors (Lipinski definition) is 0. The van der Waals surface area contributed by atoms with Crippen LogP contribution in [0.2, 0.25) is 0 Å². The van der Waals surface area contributed by atoms with Crippen LogP contribution in [0.5, 0.6) is 5.75 Å². The second-order valence-corrected chi connectivity index (χ2v) is 4.35. The molecule has 0 N–H and O–H groups in total. The topological polar surface area (TPSA) is 9.23 Å². The maximum Gasteiger partial charge on any atom is 0.122 e. The van der Waals surface area contributed by atoms with Crippen molar-refractivity contribution in [2.45, 2.75) is 26.7 Å². The van der Waals surface area contributed by atoms with Crippen molar-refractivity contribution in [2.24, 2.45) is 0 Å². The lowest BCUT2D eigenvalue weighted by Gasteiger charge is -2.13. The molecular weight excluding hydrogens is 196 g/mol. The number of benzene rings is 1. The second-order valence-electron chi connectivity index (χ2n) is 4.35. The Bertz CT molecular complexity index is 427. The third-order valence-corrected chi connectivity index (χ3v) is 2.84. The van der Waals surface area contributed by atoms with Crippen LogP contribution in [0.3, 0.4) is 0 Å². The maximum absolute atomic E-state index is 5.83. The second kappa shape index (κ2) is 5.02. The first-order chi connectivity index (χ1) is 7.75. The number of hydrogen-bond acceptors (Lipinski definition) is 1. The summed E-state index contributed by atoms with van der Waals surface area (Å²) in [5.74, 6) is 1.00. The average Bonchev–Trinajstić information content (AvgIpc) is 2.29. The lowest BCUT2D eigenvalue weighted by Crippen LogP contribution is -2.03. The van der Waals surface area contributed by atoms with Crippen LogP contribution in [0.25, 0.3) is 0 Å². The van der Waals surface area contributed by atoms with Crippen LogP contribution in [0.15, 0.2) is 42.0 Å². The van der Waals surface area contributed by atoms with E-state index >= 15 is 0 Å². The zero-order valence-corrected chi connectivity index (χ0v) is 9.99. The summed E-state index contributed by atoms with van der Waals surface area (Å²) < 4.78 is 5.83. The lowest BCUT2D eigenvalue weighted by atomic mass is 10.1. The zero-order chi connectivity index (χ0) is 11.4. The van der Waals surface area contributed by atoms with Crippen molar-refractivity contribution < 1.29 is 4.74 Å². The molecule has 0 aromatic heterocycles. The number of rotatable bonds is 3. The molecule has 1 heteroatoms. The Kier molecular flexibility index (Phi) is 3.45. The molecule has 0 bridgehead atoms. The molecule has 1 aromatic rings. The quantitative estimate of drug-likeness (QED) is 0.740. The van der Waals surface area contributed by atoms with E-state index in [1.807, 2.05) is 0 Å². The fourth-order valence-corrected chi connectivity index (χ4v) is 1.90. The van der Waals surface area contributed by atoms with Gasteiger partial charge in [-0.1, -0.05) is 35.9 Å². The molecule has 0 aliphatic heterocycles. The van der Waals surface area contributed by atoms with Gasteiger partial charge in [0.2, 0.25) is 0 Å². The summed E-state index contributed by atoms with van der Waals surface area (Å²) in [7, 11) is 0. The molecule has 1 nitrogen and oxygen atoms in total. The number of ether oxygens (including phenoxy) is 1. The number of aryl methyl sites for hydroxylation is 2. The molecule has 0 radical (unpaired) electrons. The summed E-state index contributed by atoms with van der Waals surface area (Å²) >= 11 is 0. The smallest absolute Gasteiger partial charge is 0.122 e. The van der Waals surface area contributed by atoms with E-state index in [0.29, 0.717) is 6.61 Å². The first-order valence-electron chi connectivity index (χ1n) is 5.80. The van der Waals surface area contributed by atoms with Crippen molar-refractivity contribution in [3.8, 4) is 5.75 Å². The van der Waals surface area contributed by atoms with Crippen LogP contribution in [0.4, 0.5) is 0 Å². The third kappa shape index (κ3) is 2.75. The van der Waals surface area contributed by atoms with Gasteiger partial charge in [0.15, 0.2) is 0 Å². The van der Waals surface area contributed by atoms with Crippen molar-refractivity contribution in [1.82, 2.24) is 0 Å². The summed E-state index contributed by atoms with van der Waals surface area (Å²) in [5.41, 5.74) is 3.87. The van der Waals surface area contributed by atoms with Gasteiger partial charge in [0.05, 0.1) is 0 Å². The molecule has 2 rings (SSSR count). The summed E-state index contributed by atoms with van der Waals surface area (Å²) in [6.45, 7) is 4.91. The molecule has 0 unspecified atom stereocenters. The molecule has 16 heavy (non-hydrogen) atoms. The van der Waals surface area contributed by atoms with E-state index in [1.54, 1.807) is 0 Å². The minimum atomic E-state index is 0.717. The Morgan fingerprint density at radius 1 is 1.25 bits per heavy atom. The van der Waals surface area contributed by atoms with E-state index in [0.717, 1.165) is 18.6 Å². The molecule has 0 fully saturated rings. The van der Waals surface area contributed by atoms with E-state index in [4.69, 9.17) is 4.74 Å². The normalized spacial score (nSPS) is 14.8. The summed E-state index contributed by atoms with van der Waals surface area (Å²) in [5, 5.41) is 0. The highest BCUT2D eigenvalue weighted by Crippen LogP contribution is 2.20. The molecule has 0 saturated carbocycles. The van der Waals surface area contributed by atoms with Crippen LogP contribution < -0.4 is 4.74 Å². The van der Waals surface area contributed by atoms with Gasteiger partial charge in [0.25, 0.3) is 0 Å². The fourth-order valence-electron chi connectivity index (χ4n) is 1.90. The molecule has 0 amide bonds. The monoisotopic (exact) mass is 214 g/mol. The van der Waals surface area contributed by atoms with Gasteiger partial charge in [-0.05, 0) is 43.9 Å². The van der Waals surface area contributed by atoms with E-state index in [2.05, 4.69) is 50.3 Å². The van der Waals surface area contributed by atoms with Crippen molar-refractivity contribution in [2.75, 3.05) is 6.61 Å². The summed E-state index contributed by atoms with van der Waals surface area (Å²) in [6, 6.07) is 6.31. The van der Waals surface area contributed by atoms with Gasteiger partial charge in [-0.15, -0.1) is 0 Å². The zero-order valence-electron chi connectivity index (χ0n) is 9.99. The fraction of sp³-hybridized carbons (Fsp3) is 0.333. The van der Waals surface area contributed by atoms with Crippen LogP contribution in [0, 0.1) is 13.8 Å². The van der Waals surface area contributed by atoms with E-state index in [-0.39, 0.29) is 0 Å². The predicted molar refractivity (Wildman–Crippen MR) is 67.9 cm³/mol. The molecular formula is C15H18O. The molecule has 1 aliphatic rings. The van der Waals surface area contributed by atoms with Gasteiger partial charge in [-0.25, -0.2) is 0 Å². The third-order valence-electron chi connectivity index (χ3n) is 2.84. The standard InChI is InChI=1S/C15H18O/c1-12-8-9-15(13(2)10-12)16-11-14-6-4-3-5-7-14/h3-4,6,8-10H,5,7,11H2,1-2H3.